The minimum absolute atomic E-state index is 0.126. The summed E-state index contributed by atoms with van der Waals surface area (Å²) in [5.41, 5.74) is 0.820. The van der Waals surface area contributed by atoms with Gasteiger partial charge in [0, 0.05) is 30.7 Å². The van der Waals surface area contributed by atoms with E-state index in [-0.39, 0.29) is 23.8 Å². The highest BCUT2D eigenvalue weighted by Crippen LogP contribution is 2.20. The molecule has 0 bridgehead atoms. The average molecular weight is 343 g/mol. The van der Waals surface area contributed by atoms with Crippen LogP contribution in [0.1, 0.15) is 33.3 Å². The van der Waals surface area contributed by atoms with Crippen molar-refractivity contribution < 1.29 is 9.53 Å². The fourth-order valence-electron chi connectivity index (χ4n) is 2.94. The Hall–Kier alpha value is -2.03. The normalized spacial score (nSPS) is 21.1. The van der Waals surface area contributed by atoms with Gasteiger partial charge in [-0.25, -0.2) is 4.79 Å². The van der Waals surface area contributed by atoms with E-state index >= 15 is 0 Å². The number of rotatable bonds is 4. The summed E-state index contributed by atoms with van der Waals surface area (Å²) in [6.45, 7) is 11.1. The maximum Gasteiger partial charge on any atom is 0.315 e. The maximum atomic E-state index is 12.0. The molecule has 2 N–H and O–H groups in total. The first-order valence-electron chi connectivity index (χ1n) is 8.83. The Morgan fingerprint density at radius 3 is 2.48 bits per heavy atom. The van der Waals surface area contributed by atoms with E-state index in [0.717, 1.165) is 18.7 Å². The Bertz CT molecular complexity index is 609. The van der Waals surface area contributed by atoms with Gasteiger partial charge in [0.25, 0.3) is 0 Å². The first kappa shape index (κ1) is 19.3. The lowest BCUT2D eigenvalue weighted by Crippen LogP contribution is -2.59. The summed E-state index contributed by atoms with van der Waals surface area (Å²) in [5.74, 6) is 5.97. The highest BCUT2D eigenvalue weighted by atomic mass is 16.5. The lowest BCUT2D eigenvalue weighted by molar-refractivity contribution is -0.0947. The number of urea groups is 1. The molecule has 1 aromatic carbocycles. The predicted octanol–water partition coefficient (Wildman–Crippen LogP) is 2.23. The molecule has 2 rings (SSSR count). The maximum absolute atomic E-state index is 12.0. The van der Waals surface area contributed by atoms with Crippen LogP contribution in [0.25, 0.3) is 0 Å². The molecule has 0 saturated carbocycles. The van der Waals surface area contributed by atoms with Crippen LogP contribution in [0.4, 0.5) is 4.79 Å². The minimum Gasteiger partial charge on any atom is -0.373 e. The molecule has 1 heterocycles. The number of nitrogens with one attached hydrogen (secondary N) is 2. The number of ether oxygens (including phenoxy) is 1. The van der Waals surface area contributed by atoms with Crippen LogP contribution in [-0.4, -0.2) is 54.9 Å². The van der Waals surface area contributed by atoms with Crippen molar-refractivity contribution in [3.63, 3.8) is 0 Å². The molecule has 2 amide bonds. The van der Waals surface area contributed by atoms with Crippen molar-refractivity contribution >= 4 is 6.03 Å². The summed E-state index contributed by atoms with van der Waals surface area (Å²) in [7, 11) is 0. The number of amides is 2. The lowest BCUT2D eigenvalue weighted by Gasteiger charge is -2.45. The van der Waals surface area contributed by atoms with Gasteiger partial charge in [-0.2, -0.15) is 0 Å². The molecule has 1 aliphatic heterocycles. The lowest BCUT2D eigenvalue weighted by atomic mass is 10.0. The van der Waals surface area contributed by atoms with Gasteiger partial charge in [0.2, 0.25) is 0 Å². The van der Waals surface area contributed by atoms with Crippen LogP contribution in [-0.2, 0) is 4.74 Å². The zero-order chi connectivity index (χ0) is 18.3. The number of morpholine rings is 1. The van der Waals surface area contributed by atoms with Gasteiger partial charge in [0.1, 0.15) is 0 Å². The van der Waals surface area contributed by atoms with Crippen molar-refractivity contribution in [3.05, 3.63) is 35.9 Å². The average Bonchev–Trinajstić information content (AvgIpc) is 2.57. The van der Waals surface area contributed by atoms with Gasteiger partial charge in [-0.1, -0.05) is 30.0 Å². The molecule has 1 aromatic rings. The van der Waals surface area contributed by atoms with Crippen LogP contribution in [0, 0.1) is 11.8 Å². The summed E-state index contributed by atoms with van der Waals surface area (Å²) in [4.78, 5) is 14.4. The van der Waals surface area contributed by atoms with Crippen LogP contribution in [0.5, 0.6) is 0 Å². The van der Waals surface area contributed by atoms with E-state index in [1.807, 2.05) is 30.3 Å². The van der Waals surface area contributed by atoms with Crippen LogP contribution < -0.4 is 10.6 Å². The first-order chi connectivity index (χ1) is 11.9. The minimum atomic E-state index is -0.190. The Balaban J connectivity index is 1.74. The van der Waals surface area contributed by atoms with Crippen molar-refractivity contribution in [2.24, 2.45) is 0 Å². The third-order valence-corrected chi connectivity index (χ3v) is 4.30. The largest absolute Gasteiger partial charge is 0.373 e. The zero-order valence-corrected chi connectivity index (χ0v) is 15.6. The van der Waals surface area contributed by atoms with Crippen LogP contribution in [0.2, 0.25) is 0 Å². The third-order valence-electron chi connectivity index (χ3n) is 4.30. The van der Waals surface area contributed by atoms with E-state index in [1.54, 1.807) is 0 Å². The van der Waals surface area contributed by atoms with Crippen molar-refractivity contribution in [1.82, 2.24) is 15.5 Å². The molecule has 25 heavy (non-hydrogen) atoms. The Morgan fingerprint density at radius 1 is 1.20 bits per heavy atom. The molecule has 1 aliphatic rings. The highest BCUT2D eigenvalue weighted by molar-refractivity contribution is 5.74. The Kier molecular flexibility index (Phi) is 6.86. The summed E-state index contributed by atoms with van der Waals surface area (Å²) in [6, 6.07) is 9.54. The molecule has 2 atom stereocenters. The molecular weight excluding hydrogens is 314 g/mol. The van der Waals surface area contributed by atoms with Crippen molar-refractivity contribution in [1.29, 1.82) is 0 Å². The van der Waals surface area contributed by atoms with Gasteiger partial charge >= 0.3 is 6.03 Å². The second-order valence-electron chi connectivity index (χ2n) is 7.18. The molecule has 136 valence electrons. The number of nitrogens with zero attached hydrogens (tertiary/aromatic N) is 1. The molecule has 0 unspecified atom stereocenters. The van der Waals surface area contributed by atoms with E-state index in [1.165, 1.54) is 0 Å². The number of carbonyl (C=O) groups excluding carboxylic acids is 1. The number of benzene rings is 1. The summed E-state index contributed by atoms with van der Waals surface area (Å²) < 4.78 is 5.78. The van der Waals surface area contributed by atoms with Gasteiger partial charge in [-0.05, 0) is 39.8 Å². The van der Waals surface area contributed by atoms with Crippen LogP contribution >= 0.6 is 0 Å². The molecule has 5 nitrogen and oxygen atoms in total. The van der Waals surface area contributed by atoms with Gasteiger partial charge in [0.15, 0.2) is 0 Å². The van der Waals surface area contributed by atoms with Crippen molar-refractivity contribution in [2.75, 3.05) is 26.2 Å². The molecule has 1 fully saturated rings. The highest BCUT2D eigenvalue weighted by Gasteiger charge is 2.33. The smallest absolute Gasteiger partial charge is 0.315 e. The van der Waals surface area contributed by atoms with Crippen LogP contribution in [0.15, 0.2) is 30.3 Å². The Labute approximate surface area is 151 Å². The number of carbonyl (C=O) groups is 1. The first-order valence-corrected chi connectivity index (χ1v) is 8.83. The molecule has 0 aliphatic carbocycles. The standard InChI is InChI=1S/C20H29N3O2/c1-16-13-23(14-17(2)25-16)20(3,4)15-22-19(24)21-12-8-11-18-9-6-5-7-10-18/h5-7,9-10,16-17H,12-15H2,1-4H3,(H2,21,22,24)/t16-,17+. The topological polar surface area (TPSA) is 53.6 Å². The third kappa shape index (κ3) is 6.41. The quantitative estimate of drug-likeness (QED) is 0.825. The second kappa shape index (κ2) is 8.89. The van der Waals surface area contributed by atoms with E-state index in [4.69, 9.17) is 4.74 Å². The predicted molar refractivity (Wildman–Crippen MR) is 100 cm³/mol. The molecule has 0 aromatic heterocycles. The summed E-state index contributed by atoms with van der Waals surface area (Å²) >= 11 is 0. The van der Waals surface area contributed by atoms with Crippen molar-refractivity contribution in [3.8, 4) is 11.8 Å². The monoisotopic (exact) mass is 343 g/mol. The fourth-order valence-corrected chi connectivity index (χ4v) is 2.94. The molecule has 0 spiro atoms. The van der Waals surface area contributed by atoms with Gasteiger partial charge < -0.3 is 15.4 Å². The van der Waals surface area contributed by atoms with Crippen molar-refractivity contribution in [2.45, 2.75) is 45.4 Å². The van der Waals surface area contributed by atoms with E-state index in [0.29, 0.717) is 13.1 Å². The van der Waals surface area contributed by atoms with Gasteiger partial charge in [-0.3, -0.25) is 4.90 Å². The van der Waals surface area contributed by atoms with E-state index in [9.17, 15) is 4.79 Å². The zero-order valence-electron chi connectivity index (χ0n) is 15.6. The second-order valence-corrected chi connectivity index (χ2v) is 7.18. The van der Waals surface area contributed by atoms with Gasteiger partial charge in [-0.15, -0.1) is 0 Å². The number of hydrogen-bond donors (Lipinski definition) is 2. The fraction of sp³-hybridized carbons (Fsp3) is 0.550. The van der Waals surface area contributed by atoms with E-state index < -0.39 is 0 Å². The molecule has 1 saturated heterocycles. The molecule has 0 radical (unpaired) electrons. The Morgan fingerprint density at radius 2 is 1.84 bits per heavy atom. The molecular formula is C20H29N3O2. The SMILES string of the molecule is C[C@@H]1CN(C(C)(C)CNC(=O)NCC#Cc2ccccc2)C[C@H](C)O1. The summed E-state index contributed by atoms with van der Waals surface area (Å²) in [6.07, 6.45) is 0.426. The molecule has 5 heteroatoms. The summed E-state index contributed by atoms with van der Waals surface area (Å²) in [5, 5.41) is 5.73. The number of hydrogen-bond acceptors (Lipinski definition) is 3. The van der Waals surface area contributed by atoms with E-state index in [2.05, 4.69) is 55.1 Å². The van der Waals surface area contributed by atoms with Gasteiger partial charge in [0.05, 0.1) is 18.8 Å². The van der Waals surface area contributed by atoms with Crippen LogP contribution in [0.3, 0.4) is 0 Å².